The number of ether oxygens (including phenoxy) is 1. The van der Waals surface area contributed by atoms with Gasteiger partial charge in [0.1, 0.15) is 5.75 Å². The summed E-state index contributed by atoms with van der Waals surface area (Å²) in [6, 6.07) is 20.0. The molecule has 0 fully saturated rings. The van der Waals surface area contributed by atoms with Gasteiger partial charge >= 0.3 is 0 Å². The molecule has 1 aliphatic heterocycles. The van der Waals surface area contributed by atoms with E-state index in [1.165, 1.54) is 11.6 Å². The van der Waals surface area contributed by atoms with Crippen molar-refractivity contribution in [3.8, 4) is 5.75 Å². The lowest BCUT2D eigenvalue weighted by Crippen LogP contribution is -2.14. The first-order valence-electron chi connectivity index (χ1n) is 10.3. The first-order chi connectivity index (χ1) is 15.7. The molecule has 5 rings (SSSR count). The van der Waals surface area contributed by atoms with Crippen molar-refractivity contribution in [3.63, 3.8) is 0 Å². The molecule has 6 heteroatoms. The van der Waals surface area contributed by atoms with Gasteiger partial charge in [0, 0.05) is 23.7 Å². The number of benzene rings is 3. The fourth-order valence-corrected chi connectivity index (χ4v) is 4.58. The predicted octanol–water partition coefficient (Wildman–Crippen LogP) is 5.35. The van der Waals surface area contributed by atoms with Crippen molar-refractivity contribution in [1.29, 1.82) is 0 Å². The number of aromatic nitrogens is 1. The minimum absolute atomic E-state index is 0.221. The number of thiazole rings is 1. The van der Waals surface area contributed by atoms with Gasteiger partial charge in [0.15, 0.2) is 0 Å². The quantitative estimate of drug-likeness (QED) is 0.426. The number of hydrogen-bond acceptors (Lipinski definition) is 5. The van der Waals surface area contributed by atoms with Crippen LogP contribution in [0.3, 0.4) is 0 Å². The van der Waals surface area contributed by atoms with E-state index in [1.54, 1.807) is 24.5 Å². The van der Waals surface area contributed by atoms with E-state index in [0.717, 1.165) is 45.6 Å². The summed E-state index contributed by atoms with van der Waals surface area (Å²) in [6.45, 7) is 0.769. The van der Waals surface area contributed by atoms with E-state index < -0.39 is 0 Å². The Hall–Kier alpha value is -3.77. The Balaban J connectivity index is 1.35. The Kier molecular flexibility index (Phi) is 5.52. The molecule has 1 aromatic heterocycles. The van der Waals surface area contributed by atoms with Gasteiger partial charge in [0.2, 0.25) is 5.91 Å². The van der Waals surface area contributed by atoms with Gasteiger partial charge in [-0.1, -0.05) is 36.4 Å². The number of anilines is 1. The molecule has 32 heavy (non-hydrogen) atoms. The maximum absolute atomic E-state index is 12.5. The number of carbonyl (C=O) groups excluding carboxylic acids is 1. The normalized spacial score (nSPS) is 13.1. The Morgan fingerprint density at radius 2 is 2.03 bits per heavy atom. The Labute approximate surface area is 190 Å². The molecule has 3 aromatic carbocycles. The van der Waals surface area contributed by atoms with Crippen LogP contribution in [-0.2, 0) is 11.2 Å². The third kappa shape index (κ3) is 4.05. The van der Waals surface area contributed by atoms with E-state index in [9.17, 15) is 4.79 Å². The molecule has 5 nitrogen and oxygen atoms in total. The smallest absolute Gasteiger partial charge is 0.248 e. The Bertz CT molecular complexity index is 1370. The second kappa shape index (κ2) is 8.77. The highest BCUT2D eigenvalue weighted by Crippen LogP contribution is 2.29. The van der Waals surface area contributed by atoms with E-state index in [-0.39, 0.29) is 5.91 Å². The van der Waals surface area contributed by atoms with E-state index in [4.69, 9.17) is 9.73 Å². The molecule has 1 amide bonds. The number of carbonyl (C=O) groups is 1. The zero-order valence-corrected chi connectivity index (χ0v) is 18.4. The lowest BCUT2D eigenvalue weighted by Gasteiger charge is -2.18. The van der Waals surface area contributed by atoms with Crippen LogP contribution < -0.4 is 10.1 Å². The van der Waals surface area contributed by atoms with Crippen LogP contribution in [0.4, 0.5) is 5.69 Å². The largest absolute Gasteiger partial charge is 0.495 e. The summed E-state index contributed by atoms with van der Waals surface area (Å²) in [4.78, 5) is 21.6. The van der Waals surface area contributed by atoms with Crippen LogP contribution in [0, 0.1) is 0 Å². The van der Waals surface area contributed by atoms with E-state index in [0.29, 0.717) is 11.4 Å². The number of amides is 1. The van der Waals surface area contributed by atoms with Crippen LogP contribution in [0.5, 0.6) is 5.75 Å². The highest BCUT2D eigenvalue weighted by atomic mass is 32.1. The maximum atomic E-state index is 12.5. The molecule has 1 aliphatic rings. The monoisotopic (exact) mass is 439 g/mol. The van der Waals surface area contributed by atoms with Crippen LogP contribution >= 0.6 is 11.3 Å². The zero-order chi connectivity index (χ0) is 21.9. The van der Waals surface area contributed by atoms with Crippen molar-refractivity contribution in [2.75, 3.05) is 19.0 Å². The summed E-state index contributed by atoms with van der Waals surface area (Å²) in [6.07, 6.45) is 4.27. The molecule has 2 heterocycles. The van der Waals surface area contributed by atoms with Crippen LogP contribution in [0.15, 0.2) is 77.2 Å². The van der Waals surface area contributed by atoms with Gasteiger partial charge in [0.05, 0.1) is 34.2 Å². The van der Waals surface area contributed by atoms with Crippen LogP contribution in [-0.4, -0.2) is 30.3 Å². The highest BCUT2D eigenvalue weighted by Gasteiger charge is 2.17. The number of nitrogens with one attached hydrogen (secondary N) is 1. The van der Waals surface area contributed by atoms with Gasteiger partial charge in [-0.3, -0.25) is 9.79 Å². The maximum Gasteiger partial charge on any atom is 0.248 e. The first-order valence-corrected chi connectivity index (χ1v) is 11.2. The Morgan fingerprint density at radius 1 is 1.12 bits per heavy atom. The van der Waals surface area contributed by atoms with E-state index in [1.807, 2.05) is 48.0 Å². The number of aliphatic imine (C=N–C) groups is 1. The summed E-state index contributed by atoms with van der Waals surface area (Å²) >= 11 is 1.58. The minimum Gasteiger partial charge on any atom is -0.495 e. The molecule has 1 N–H and O–H groups in total. The van der Waals surface area contributed by atoms with Crippen molar-refractivity contribution in [2.45, 2.75) is 6.42 Å². The van der Waals surface area contributed by atoms with Gasteiger partial charge in [-0.25, -0.2) is 4.98 Å². The fourth-order valence-electron chi connectivity index (χ4n) is 3.85. The van der Waals surface area contributed by atoms with Crippen molar-refractivity contribution in [2.24, 2.45) is 4.99 Å². The molecule has 0 bridgehead atoms. The summed E-state index contributed by atoms with van der Waals surface area (Å²) in [5.41, 5.74) is 8.74. The summed E-state index contributed by atoms with van der Waals surface area (Å²) < 4.78 is 6.66. The highest BCUT2D eigenvalue weighted by molar-refractivity contribution is 7.16. The lowest BCUT2D eigenvalue weighted by atomic mass is 9.93. The van der Waals surface area contributed by atoms with Crippen LogP contribution in [0.2, 0.25) is 0 Å². The lowest BCUT2D eigenvalue weighted by molar-refractivity contribution is -0.111. The summed E-state index contributed by atoms with van der Waals surface area (Å²) in [7, 11) is 1.60. The molecule has 158 valence electrons. The SMILES string of the molecule is COc1cc(C2=NCCc3ccccc32)ccc1NC(=O)C=Cc1ccc2ncsc2c1. The molecule has 0 spiro atoms. The van der Waals surface area contributed by atoms with Crippen molar-refractivity contribution < 1.29 is 9.53 Å². The second-order valence-electron chi connectivity index (χ2n) is 7.45. The number of rotatable bonds is 5. The number of fused-ring (bicyclic) bond motifs is 2. The van der Waals surface area contributed by atoms with Crippen molar-refractivity contribution >= 4 is 44.9 Å². The third-order valence-corrected chi connectivity index (χ3v) is 6.23. The molecular formula is C26H21N3O2S. The molecule has 0 radical (unpaired) electrons. The third-order valence-electron chi connectivity index (χ3n) is 5.44. The van der Waals surface area contributed by atoms with Gasteiger partial charge < -0.3 is 10.1 Å². The number of nitrogens with zero attached hydrogens (tertiary/aromatic N) is 2. The van der Waals surface area contributed by atoms with Crippen molar-refractivity contribution in [1.82, 2.24) is 4.98 Å². The summed E-state index contributed by atoms with van der Waals surface area (Å²) in [5, 5.41) is 2.91. The topological polar surface area (TPSA) is 63.6 Å². The average molecular weight is 440 g/mol. The number of methoxy groups -OCH3 is 1. The average Bonchev–Trinajstić information content (AvgIpc) is 3.31. The second-order valence-corrected chi connectivity index (χ2v) is 8.34. The molecule has 4 aromatic rings. The van der Waals surface area contributed by atoms with Gasteiger partial charge in [-0.15, -0.1) is 11.3 Å². The Morgan fingerprint density at radius 3 is 2.94 bits per heavy atom. The van der Waals surface area contributed by atoms with E-state index >= 15 is 0 Å². The molecule has 0 saturated carbocycles. The van der Waals surface area contributed by atoms with Crippen LogP contribution in [0.25, 0.3) is 16.3 Å². The number of hydrogen-bond donors (Lipinski definition) is 1. The van der Waals surface area contributed by atoms with Crippen molar-refractivity contribution in [3.05, 3.63) is 94.5 Å². The van der Waals surface area contributed by atoms with Gasteiger partial charge in [-0.05, 0) is 47.9 Å². The zero-order valence-electron chi connectivity index (χ0n) is 17.5. The van der Waals surface area contributed by atoms with Gasteiger partial charge in [0.25, 0.3) is 0 Å². The van der Waals surface area contributed by atoms with Crippen LogP contribution in [0.1, 0.15) is 22.3 Å². The van der Waals surface area contributed by atoms with Gasteiger partial charge in [-0.2, -0.15) is 0 Å². The molecular weight excluding hydrogens is 418 g/mol. The molecule has 0 aliphatic carbocycles. The van der Waals surface area contributed by atoms with E-state index in [2.05, 4.69) is 28.5 Å². The predicted molar refractivity (Wildman–Crippen MR) is 131 cm³/mol. The molecule has 0 saturated heterocycles. The minimum atomic E-state index is -0.221. The molecule has 0 atom stereocenters. The summed E-state index contributed by atoms with van der Waals surface area (Å²) in [5.74, 6) is 0.377. The first kappa shape index (κ1) is 20.2. The fraction of sp³-hybridized carbons (Fsp3) is 0.115. The molecule has 0 unspecified atom stereocenters. The standard InChI is InChI=1S/C26H21N3O2S/c1-31-23-15-19(26-20-5-3-2-4-18(20)12-13-27-26)8-10-21(23)29-25(30)11-7-17-6-9-22-24(14-17)32-16-28-22/h2-11,14-16H,12-13H2,1H3,(H,29,30).